The zero-order valence-electron chi connectivity index (χ0n) is 47.8. The van der Waals surface area contributed by atoms with Gasteiger partial charge in [0.15, 0.2) is 6.10 Å². The quantitative estimate of drug-likeness (QED) is 0.0373. The molecule has 71 heavy (non-hydrogen) atoms. The first-order chi connectivity index (χ1) is 35.1. The van der Waals surface area contributed by atoms with E-state index in [9.17, 15) is 14.7 Å². The maximum Gasteiger partial charge on any atom is 0.306 e. The van der Waals surface area contributed by atoms with Gasteiger partial charge in [-0.15, -0.1) is 0 Å². The molecule has 0 aliphatic rings. The van der Waals surface area contributed by atoms with Gasteiger partial charge in [-0.2, -0.15) is 0 Å². The third kappa shape index (κ3) is 60.3. The van der Waals surface area contributed by atoms with E-state index in [1.807, 2.05) is 0 Å². The lowest BCUT2D eigenvalue weighted by atomic mass is 10.0. The molecule has 0 spiro atoms. The number of ether oxygens (including phenoxy) is 2. The number of aliphatic hydroxyl groups is 1. The zero-order chi connectivity index (χ0) is 51.3. The molecule has 5 heteroatoms. The van der Waals surface area contributed by atoms with Crippen molar-refractivity contribution in [1.82, 2.24) is 0 Å². The van der Waals surface area contributed by atoms with Gasteiger partial charge in [-0.3, -0.25) is 9.59 Å². The molecule has 0 aromatic rings. The number of allylic oxidation sites excluding steroid dienone is 8. The lowest BCUT2D eigenvalue weighted by Gasteiger charge is -2.15. The van der Waals surface area contributed by atoms with E-state index in [2.05, 4.69) is 62.5 Å². The van der Waals surface area contributed by atoms with Crippen molar-refractivity contribution in [1.29, 1.82) is 0 Å². The van der Waals surface area contributed by atoms with Crippen LogP contribution in [0.4, 0.5) is 0 Å². The number of hydrogen-bond acceptors (Lipinski definition) is 5. The summed E-state index contributed by atoms with van der Waals surface area (Å²) in [4.78, 5) is 24.6. The molecule has 0 aromatic carbocycles. The van der Waals surface area contributed by atoms with E-state index in [1.54, 1.807) is 0 Å². The first kappa shape index (κ1) is 68.9. The fourth-order valence-corrected chi connectivity index (χ4v) is 9.67. The van der Waals surface area contributed by atoms with Crippen molar-refractivity contribution in [2.75, 3.05) is 13.2 Å². The van der Waals surface area contributed by atoms with Crippen LogP contribution in [-0.2, 0) is 19.1 Å². The number of hydrogen-bond donors (Lipinski definition) is 1. The molecule has 1 atom stereocenters. The molecule has 416 valence electrons. The summed E-state index contributed by atoms with van der Waals surface area (Å²) in [6, 6.07) is 0. The smallest absolute Gasteiger partial charge is 0.306 e. The maximum absolute atomic E-state index is 12.3. The molecule has 0 aromatic heterocycles. The average molecular weight is 996 g/mol. The van der Waals surface area contributed by atoms with Gasteiger partial charge in [-0.05, 0) is 51.4 Å². The summed E-state index contributed by atoms with van der Waals surface area (Å²) in [7, 11) is 0. The van der Waals surface area contributed by atoms with Crippen LogP contribution in [0.2, 0.25) is 0 Å². The van der Waals surface area contributed by atoms with Gasteiger partial charge in [-0.25, -0.2) is 0 Å². The predicted octanol–water partition coefficient (Wildman–Crippen LogP) is 21.6. The molecule has 0 fully saturated rings. The van der Waals surface area contributed by atoms with Crippen LogP contribution < -0.4 is 0 Å². The van der Waals surface area contributed by atoms with Gasteiger partial charge in [0.2, 0.25) is 0 Å². The van der Waals surface area contributed by atoms with Crippen LogP contribution in [0.5, 0.6) is 0 Å². The molecule has 0 aliphatic heterocycles. The van der Waals surface area contributed by atoms with Gasteiger partial charge in [0, 0.05) is 12.8 Å². The Kier molecular flexibility index (Phi) is 60.3. The Balaban J connectivity index is 3.38. The third-order valence-corrected chi connectivity index (χ3v) is 14.4. The first-order valence-corrected chi connectivity index (χ1v) is 31.7. The van der Waals surface area contributed by atoms with E-state index >= 15 is 0 Å². The molecule has 0 amide bonds. The van der Waals surface area contributed by atoms with Crippen LogP contribution in [0.25, 0.3) is 0 Å². The van der Waals surface area contributed by atoms with Crippen LogP contribution in [-0.4, -0.2) is 36.4 Å². The monoisotopic (exact) mass is 995 g/mol. The van der Waals surface area contributed by atoms with Crippen molar-refractivity contribution in [2.24, 2.45) is 0 Å². The molecule has 0 bridgehead atoms. The van der Waals surface area contributed by atoms with Gasteiger partial charge in [0.1, 0.15) is 6.61 Å². The SMILES string of the molecule is CC/C=C\C/C=C\C/C=C\C/C=C\CCCCCCCCCCCCCCCCCCCCCCCCCCC(=O)OC(CO)COC(=O)CCCCCCCCCCCCCCCCCCCCCC. The standard InChI is InChI=1S/C66H122O5/c1-3-5-7-9-11-13-15-17-19-21-23-25-26-27-28-29-30-31-32-33-34-35-36-37-38-39-40-41-43-45-47-49-51-53-55-57-59-61-66(69)71-64(62-67)63-70-65(68)60-58-56-54-52-50-48-46-44-42-24-22-20-18-16-14-12-10-8-6-4-2/h5,7,11,13,17,19,23,25,64,67H,3-4,6,8-10,12,14-16,18,20-22,24,26-63H2,1-2H3/b7-5-,13-11-,19-17-,25-23-. The second kappa shape index (κ2) is 62.2. The summed E-state index contributed by atoms with van der Waals surface area (Å²) in [6.45, 7) is 4.08. The molecular weight excluding hydrogens is 873 g/mol. The summed E-state index contributed by atoms with van der Waals surface area (Å²) >= 11 is 0. The molecule has 1 N–H and O–H groups in total. The summed E-state index contributed by atoms with van der Waals surface area (Å²) in [5, 5.41) is 9.67. The number of carbonyl (C=O) groups excluding carboxylic acids is 2. The van der Waals surface area contributed by atoms with Crippen molar-refractivity contribution >= 4 is 11.9 Å². The number of aliphatic hydroxyl groups excluding tert-OH is 1. The Morgan fingerprint density at radius 3 is 0.915 bits per heavy atom. The molecule has 1 unspecified atom stereocenters. The lowest BCUT2D eigenvalue weighted by molar-refractivity contribution is -0.161. The molecule has 5 nitrogen and oxygen atoms in total. The van der Waals surface area contributed by atoms with Crippen LogP contribution in [0.1, 0.15) is 341 Å². The topological polar surface area (TPSA) is 72.8 Å². The van der Waals surface area contributed by atoms with Crippen molar-refractivity contribution in [2.45, 2.75) is 347 Å². The number of unbranched alkanes of at least 4 members (excludes halogenated alkanes) is 43. The van der Waals surface area contributed by atoms with E-state index in [-0.39, 0.29) is 25.2 Å². The second-order valence-electron chi connectivity index (χ2n) is 21.5. The van der Waals surface area contributed by atoms with Crippen molar-refractivity contribution < 1.29 is 24.2 Å². The summed E-state index contributed by atoms with van der Waals surface area (Å²) < 4.78 is 10.7. The molecule has 0 aliphatic carbocycles. The van der Waals surface area contributed by atoms with Crippen LogP contribution >= 0.6 is 0 Å². The normalized spacial score (nSPS) is 12.4. The largest absolute Gasteiger partial charge is 0.462 e. The first-order valence-electron chi connectivity index (χ1n) is 31.7. The van der Waals surface area contributed by atoms with Crippen LogP contribution in [0, 0.1) is 0 Å². The zero-order valence-corrected chi connectivity index (χ0v) is 47.8. The molecular formula is C66H122O5. The molecule has 0 saturated heterocycles. The Morgan fingerprint density at radius 2 is 0.606 bits per heavy atom. The number of esters is 2. The minimum absolute atomic E-state index is 0.0587. The molecule has 0 rings (SSSR count). The van der Waals surface area contributed by atoms with E-state index in [0.29, 0.717) is 12.8 Å². The van der Waals surface area contributed by atoms with Crippen molar-refractivity contribution in [3.63, 3.8) is 0 Å². The highest BCUT2D eigenvalue weighted by Crippen LogP contribution is 2.18. The van der Waals surface area contributed by atoms with Crippen LogP contribution in [0.15, 0.2) is 48.6 Å². The average Bonchev–Trinajstić information content (AvgIpc) is 3.37. The van der Waals surface area contributed by atoms with Crippen LogP contribution in [0.3, 0.4) is 0 Å². The van der Waals surface area contributed by atoms with Crippen molar-refractivity contribution in [3.05, 3.63) is 48.6 Å². The Morgan fingerprint density at radius 1 is 0.338 bits per heavy atom. The summed E-state index contributed by atoms with van der Waals surface area (Å²) in [6.07, 6.45) is 82.7. The minimum Gasteiger partial charge on any atom is -0.462 e. The van der Waals surface area contributed by atoms with Gasteiger partial charge in [0.05, 0.1) is 6.61 Å². The number of rotatable bonds is 59. The van der Waals surface area contributed by atoms with Crippen molar-refractivity contribution in [3.8, 4) is 0 Å². The van der Waals surface area contributed by atoms with Gasteiger partial charge in [-0.1, -0.05) is 326 Å². The van der Waals surface area contributed by atoms with E-state index in [1.165, 1.54) is 257 Å². The van der Waals surface area contributed by atoms with Gasteiger partial charge >= 0.3 is 11.9 Å². The lowest BCUT2D eigenvalue weighted by Crippen LogP contribution is -2.28. The van der Waals surface area contributed by atoms with E-state index in [4.69, 9.17) is 9.47 Å². The van der Waals surface area contributed by atoms with E-state index in [0.717, 1.165) is 57.8 Å². The van der Waals surface area contributed by atoms with Gasteiger partial charge < -0.3 is 14.6 Å². The maximum atomic E-state index is 12.3. The number of carbonyl (C=O) groups is 2. The second-order valence-corrected chi connectivity index (χ2v) is 21.5. The Labute approximate surface area is 443 Å². The molecule has 0 heterocycles. The highest BCUT2D eigenvalue weighted by Gasteiger charge is 2.16. The fourth-order valence-electron chi connectivity index (χ4n) is 9.67. The summed E-state index contributed by atoms with van der Waals surface area (Å²) in [5.74, 6) is -0.567. The third-order valence-electron chi connectivity index (χ3n) is 14.4. The molecule has 0 saturated carbocycles. The fraction of sp³-hybridized carbons (Fsp3) is 0.848. The molecule has 0 radical (unpaired) electrons. The highest BCUT2D eigenvalue weighted by atomic mass is 16.6. The predicted molar refractivity (Wildman–Crippen MR) is 311 cm³/mol. The van der Waals surface area contributed by atoms with E-state index < -0.39 is 6.10 Å². The highest BCUT2D eigenvalue weighted by molar-refractivity contribution is 5.70. The Bertz CT molecular complexity index is 1170. The minimum atomic E-state index is -0.768. The summed E-state index contributed by atoms with van der Waals surface area (Å²) in [5.41, 5.74) is 0. The van der Waals surface area contributed by atoms with Gasteiger partial charge in [0.25, 0.3) is 0 Å². The Hall–Kier alpha value is -2.14.